The maximum absolute atomic E-state index is 13.2. The van der Waals surface area contributed by atoms with Gasteiger partial charge in [0.15, 0.2) is 12.3 Å². The van der Waals surface area contributed by atoms with E-state index >= 15 is 0 Å². The molecule has 1 aliphatic heterocycles. The van der Waals surface area contributed by atoms with E-state index in [4.69, 9.17) is 14.6 Å². The molecule has 1 fully saturated rings. The van der Waals surface area contributed by atoms with E-state index in [1.54, 1.807) is 20.8 Å². The van der Waals surface area contributed by atoms with Crippen LogP contribution in [-0.4, -0.2) is 47.7 Å². The number of carboxylic acids is 1. The Morgan fingerprint density at radius 2 is 2.06 bits per heavy atom. The number of nitrogens with one attached hydrogen (secondary N) is 1. The van der Waals surface area contributed by atoms with Crippen molar-refractivity contribution in [1.29, 1.82) is 0 Å². The largest absolute Gasteiger partial charge is 0.479 e. The first kappa shape index (κ1) is 13.7. The molecule has 3 atom stereocenters. The van der Waals surface area contributed by atoms with Crippen LogP contribution in [0.5, 0.6) is 0 Å². The summed E-state index contributed by atoms with van der Waals surface area (Å²) in [6.45, 7) is 4.99. The predicted molar refractivity (Wildman–Crippen MR) is 55.4 cm³/mol. The molecule has 1 aliphatic rings. The fourth-order valence-electron chi connectivity index (χ4n) is 1.30. The molecule has 0 aliphatic carbocycles. The maximum atomic E-state index is 13.2. The molecule has 6 nitrogen and oxygen atoms in total. The highest BCUT2D eigenvalue weighted by Crippen LogP contribution is 2.24. The second kappa shape index (κ2) is 4.87. The lowest BCUT2D eigenvalue weighted by atomic mass is 10.0. The van der Waals surface area contributed by atoms with Crippen molar-refractivity contribution in [3.8, 4) is 0 Å². The third-order valence-electron chi connectivity index (χ3n) is 2.06. The van der Waals surface area contributed by atoms with Crippen molar-refractivity contribution in [2.75, 3.05) is 6.54 Å². The fraction of sp³-hybridized carbons (Fsp3) is 0.800. The quantitative estimate of drug-likeness (QED) is 0.769. The van der Waals surface area contributed by atoms with Gasteiger partial charge in [0.25, 0.3) is 0 Å². The summed E-state index contributed by atoms with van der Waals surface area (Å²) in [6.07, 6.45) is -4.65. The molecule has 0 aromatic heterocycles. The number of hydrogen-bond acceptors (Lipinski definition) is 4. The normalized spacial score (nSPS) is 28.1. The second-order valence-corrected chi connectivity index (χ2v) is 4.76. The Morgan fingerprint density at radius 3 is 2.47 bits per heavy atom. The number of halogens is 1. The summed E-state index contributed by atoms with van der Waals surface area (Å²) in [5, 5.41) is 10.8. The predicted octanol–water partition coefficient (Wildman–Crippen LogP) is 0.701. The summed E-state index contributed by atoms with van der Waals surface area (Å²) >= 11 is 0. The highest BCUT2D eigenvalue weighted by atomic mass is 19.1. The number of alkyl carbamates (subject to hydrolysis) is 1. The standard InChI is InChI=1S/C10H16FNO5/c1-10(2,3)17-9(15)12-4-5-6(11)7(16-5)8(13)14/h5-7H,4H2,1-3H3,(H,12,15)(H,13,14)/t5-,6+,7-/m1/s1. The van der Waals surface area contributed by atoms with Gasteiger partial charge in [-0.2, -0.15) is 0 Å². The lowest BCUT2D eigenvalue weighted by molar-refractivity contribution is -0.207. The van der Waals surface area contributed by atoms with Gasteiger partial charge in [-0.15, -0.1) is 0 Å². The minimum atomic E-state index is -1.61. The average Bonchev–Trinajstić information content (AvgIpc) is 2.11. The Bertz CT molecular complexity index is 314. The number of carboxylic acid groups (broad SMARTS) is 1. The van der Waals surface area contributed by atoms with Crippen molar-refractivity contribution in [3.05, 3.63) is 0 Å². The third kappa shape index (κ3) is 3.85. The number of rotatable bonds is 3. The number of aliphatic carboxylic acids is 1. The van der Waals surface area contributed by atoms with Gasteiger partial charge in [-0.3, -0.25) is 0 Å². The fourth-order valence-corrected chi connectivity index (χ4v) is 1.30. The molecule has 1 rings (SSSR count). The van der Waals surface area contributed by atoms with E-state index in [1.807, 2.05) is 0 Å². The molecule has 0 unspecified atom stereocenters. The average molecular weight is 249 g/mol. The van der Waals surface area contributed by atoms with Crippen LogP contribution in [0.25, 0.3) is 0 Å². The van der Waals surface area contributed by atoms with E-state index in [1.165, 1.54) is 0 Å². The summed E-state index contributed by atoms with van der Waals surface area (Å²) < 4.78 is 22.9. The molecule has 0 spiro atoms. The van der Waals surface area contributed by atoms with Crippen LogP contribution in [0.2, 0.25) is 0 Å². The van der Waals surface area contributed by atoms with Gasteiger partial charge in [0.1, 0.15) is 11.7 Å². The lowest BCUT2D eigenvalue weighted by Crippen LogP contribution is -2.59. The summed E-state index contributed by atoms with van der Waals surface area (Å²) in [7, 11) is 0. The number of alkyl halides is 1. The van der Waals surface area contributed by atoms with Gasteiger partial charge in [0, 0.05) is 0 Å². The number of ether oxygens (including phenoxy) is 2. The van der Waals surface area contributed by atoms with Crippen molar-refractivity contribution in [2.45, 2.75) is 44.8 Å². The van der Waals surface area contributed by atoms with Crippen LogP contribution >= 0.6 is 0 Å². The molecule has 0 aromatic carbocycles. The Balaban J connectivity index is 2.25. The van der Waals surface area contributed by atoms with Crippen LogP contribution in [0.4, 0.5) is 9.18 Å². The number of hydrogen-bond donors (Lipinski definition) is 2. The molecule has 1 saturated heterocycles. The van der Waals surface area contributed by atoms with Crippen LogP contribution in [-0.2, 0) is 14.3 Å². The van der Waals surface area contributed by atoms with E-state index < -0.39 is 36.0 Å². The molecule has 7 heteroatoms. The van der Waals surface area contributed by atoms with E-state index in [0.29, 0.717) is 0 Å². The Hall–Kier alpha value is -1.37. The van der Waals surface area contributed by atoms with Crippen molar-refractivity contribution in [2.24, 2.45) is 0 Å². The van der Waals surface area contributed by atoms with E-state index in [-0.39, 0.29) is 6.54 Å². The lowest BCUT2D eigenvalue weighted by Gasteiger charge is -2.37. The first-order valence-corrected chi connectivity index (χ1v) is 5.20. The monoisotopic (exact) mass is 249 g/mol. The zero-order valence-electron chi connectivity index (χ0n) is 9.90. The molecule has 1 amide bonds. The SMILES string of the molecule is CC(C)(C)OC(=O)NC[C@H]1O[C@@H](C(=O)O)[C@H]1F. The van der Waals surface area contributed by atoms with Gasteiger partial charge in [0.2, 0.25) is 0 Å². The van der Waals surface area contributed by atoms with Crippen molar-refractivity contribution < 1.29 is 28.6 Å². The summed E-state index contributed by atoms with van der Waals surface area (Å²) in [5.41, 5.74) is -0.636. The Morgan fingerprint density at radius 1 is 1.47 bits per heavy atom. The minimum absolute atomic E-state index is 0.111. The molecule has 0 bridgehead atoms. The zero-order valence-corrected chi connectivity index (χ0v) is 9.90. The van der Waals surface area contributed by atoms with E-state index in [2.05, 4.69) is 5.32 Å². The van der Waals surface area contributed by atoms with Crippen LogP contribution < -0.4 is 5.32 Å². The van der Waals surface area contributed by atoms with Crippen molar-refractivity contribution >= 4 is 12.1 Å². The van der Waals surface area contributed by atoms with Gasteiger partial charge >= 0.3 is 12.1 Å². The molecule has 0 aromatic rings. The summed E-state index contributed by atoms with van der Waals surface area (Å²) in [6, 6.07) is 0. The van der Waals surface area contributed by atoms with Gasteiger partial charge in [-0.1, -0.05) is 0 Å². The summed E-state index contributed by atoms with van der Waals surface area (Å²) in [5.74, 6) is -1.34. The highest BCUT2D eigenvalue weighted by Gasteiger charge is 2.47. The first-order chi connectivity index (χ1) is 7.70. The molecule has 0 radical (unpaired) electrons. The number of amides is 1. The van der Waals surface area contributed by atoms with Gasteiger partial charge in [-0.05, 0) is 20.8 Å². The Kier molecular flexibility index (Phi) is 3.92. The topological polar surface area (TPSA) is 84.9 Å². The highest BCUT2D eigenvalue weighted by molar-refractivity contribution is 5.74. The smallest absolute Gasteiger partial charge is 0.407 e. The first-order valence-electron chi connectivity index (χ1n) is 5.20. The summed E-state index contributed by atoms with van der Waals surface area (Å²) in [4.78, 5) is 21.6. The van der Waals surface area contributed by atoms with Crippen LogP contribution in [0, 0.1) is 0 Å². The van der Waals surface area contributed by atoms with Crippen LogP contribution in [0.3, 0.4) is 0 Å². The second-order valence-electron chi connectivity index (χ2n) is 4.76. The van der Waals surface area contributed by atoms with Crippen LogP contribution in [0.1, 0.15) is 20.8 Å². The molecule has 17 heavy (non-hydrogen) atoms. The zero-order chi connectivity index (χ0) is 13.2. The van der Waals surface area contributed by atoms with Gasteiger partial charge in [-0.25, -0.2) is 14.0 Å². The molecular weight excluding hydrogens is 233 g/mol. The number of carbonyl (C=O) groups excluding carboxylic acids is 1. The third-order valence-corrected chi connectivity index (χ3v) is 2.06. The van der Waals surface area contributed by atoms with E-state index in [0.717, 1.165) is 0 Å². The Labute approximate surface area is 98.1 Å². The molecular formula is C10H16FNO5. The maximum Gasteiger partial charge on any atom is 0.407 e. The van der Waals surface area contributed by atoms with Gasteiger partial charge < -0.3 is 19.9 Å². The number of carbonyl (C=O) groups is 2. The van der Waals surface area contributed by atoms with Crippen LogP contribution in [0.15, 0.2) is 0 Å². The van der Waals surface area contributed by atoms with Crippen molar-refractivity contribution in [1.82, 2.24) is 5.32 Å². The minimum Gasteiger partial charge on any atom is -0.479 e. The van der Waals surface area contributed by atoms with Crippen molar-refractivity contribution in [3.63, 3.8) is 0 Å². The molecule has 1 heterocycles. The van der Waals surface area contributed by atoms with E-state index in [9.17, 15) is 14.0 Å². The molecule has 0 saturated carbocycles. The molecule has 2 N–H and O–H groups in total. The molecule has 98 valence electrons. The van der Waals surface area contributed by atoms with Gasteiger partial charge in [0.05, 0.1) is 6.54 Å².